The quantitative estimate of drug-likeness (QED) is 0.499. The highest BCUT2D eigenvalue weighted by atomic mass is 16.5. The SMILES string of the molecule is COC(=O)C1=CNC(=O)C2C(CO)=CCC12. The van der Waals surface area contributed by atoms with Gasteiger partial charge in [0.05, 0.1) is 25.2 Å². The highest BCUT2D eigenvalue weighted by molar-refractivity contribution is 5.95. The molecule has 0 aromatic rings. The Morgan fingerprint density at radius 3 is 3.06 bits per heavy atom. The normalized spacial score (nSPS) is 27.8. The molecule has 5 nitrogen and oxygen atoms in total. The van der Waals surface area contributed by atoms with Crippen LogP contribution in [0.4, 0.5) is 0 Å². The van der Waals surface area contributed by atoms with Gasteiger partial charge in [0.2, 0.25) is 5.91 Å². The van der Waals surface area contributed by atoms with Gasteiger partial charge in [0.15, 0.2) is 0 Å². The van der Waals surface area contributed by atoms with Crippen molar-refractivity contribution >= 4 is 11.9 Å². The van der Waals surface area contributed by atoms with E-state index in [1.165, 1.54) is 13.3 Å². The van der Waals surface area contributed by atoms with Crippen LogP contribution in [0.5, 0.6) is 0 Å². The third-order valence-corrected chi connectivity index (χ3v) is 3.09. The lowest BCUT2D eigenvalue weighted by Crippen LogP contribution is -2.39. The van der Waals surface area contributed by atoms with Crippen molar-refractivity contribution in [2.24, 2.45) is 11.8 Å². The smallest absolute Gasteiger partial charge is 0.335 e. The molecule has 1 aliphatic heterocycles. The maximum atomic E-state index is 11.6. The van der Waals surface area contributed by atoms with Crippen molar-refractivity contribution in [2.45, 2.75) is 6.42 Å². The number of allylic oxidation sites excluding steroid dienone is 1. The van der Waals surface area contributed by atoms with Crippen LogP contribution in [0.15, 0.2) is 23.4 Å². The minimum absolute atomic E-state index is 0.150. The number of nitrogens with one attached hydrogen (secondary N) is 1. The van der Waals surface area contributed by atoms with E-state index in [1.54, 1.807) is 0 Å². The maximum absolute atomic E-state index is 11.6. The van der Waals surface area contributed by atoms with Crippen molar-refractivity contribution in [1.82, 2.24) is 5.32 Å². The van der Waals surface area contributed by atoms with Gasteiger partial charge < -0.3 is 15.2 Å². The average molecular weight is 223 g/mol. The Morgan fingerprint density at radius 2 is 2.44 bits per heavy atom. The number of hydrogen-bond donors (Lipinski definition) is 2. The Morgan fingerprint density at radius 1 is 1.69 bits per heavy atom. The summed E-state index contributed by atoms with van der Waals surface area (Å²) in [5.74, 6) is -1.22. The maximum Gasteiger partial charge on any atom is 0.335 e. The number of aliphatic hydroxyl groups excluding tert-OH is 1. The van der Waals surface area contributed by atoms with Crippen LogP contribution >= 0.6 is 0 Å². The standard InChI is InChI=1S/C11H13NO4/c1-16-11(15)8-4-12-10(14)9-6(5-13)2-3-7(8)9/h2,4,7,9,13H,3,5H2,1H3,(H,12,14). The van der Waals surface area contributed by atoms with E-state index in [9.17, 15) is 9.59 Å². The molecule has 2 unspecified atom stereocenters. The first-order chi connectivity index (χ1) is 7.69. The van der Waals surface area contributed by atoms with Gasteiger partial charge in [-0.2, -0.15) is 0 Å². The molecule has 2 atom stereocenters. The molecular weight excluding hydrogens is 210 g/mol. The van der Waals surface area contributed by atoms with Crippen molar-refractivity contribution in [3.63, 3.8) is 0 Å². The van der Waals surface area contributed by atoms with E-state index in [0.29, 0.717) is 17.6 Å². The molecule has 0 aromatic heterocycles. The number of aliphatic hydroxyl groups is 1. The van der Waals surface area contributed by atoms with Gasteiger partial charge in [-0.25, -0.2) is 4.79 Å². The molecule has 0 fully saturated rings. The molecule has 1 amide bonds. The molecule has 2 N–H and O–H groups in total. The molecule has 0 aromatic carbocycles. The summed E-state index contributed by atoms with van der Waals surface area (Å²) in [6, 6.07) is 0. The fourth-order valence-corrected chi connectivity index (χ4v) is 2.29. The van der Waals surface area contributed by atoms with Gasteiger partial charge in [0.1, 0.15) is 0 Å². The zero-order chi connectivity index (χ0) is 11.7. The van der Waals surface area contributed by atoms with E-state index >= 15 is 0 Å². The van der Waals surface area contributed by atoms with Crippen molar-refractivity contribution in [3.8, 4) is 0 Å². The second kappa shape index (κ2) is 4.09. The predicted molar refractivity (Wildman–Crippen MR) is 55.0 cm³/mol. The number of carbonyl (C=O) groups excluding carboxylic acids is 2. The third-order valence-electron chi connectivity index (χ3n) is 3.09. The predicted octanol–water partition coefficient (Wildman–Crippen LogP) is -0.272. The summed E-state index contributed by atoms with van der Waals surface area (Å²) in [5.41, 5.74) is 1.14. The van der Waals surface area contributed by atoms with E-state index in [1.807, 2.05) is 6.08 Å². The number of rotatable bonds is 2. The van der Waals surface area contributed by atoms with Crippen LogP contribution < -0.4 is 5.32 Å². The van der Waals surface area contributed by atoms with Crippen LogP contribution in [0.25, 0.3) is 0 Å². The molecule has 0 bridgehead atoms. The first-order valence-electron chi connectivity index (χ1n) is 5.07. The van der Waals surface area contributed by atoms with Gasteiger partial charge in [0.25, 0.3) is 0 Å². The van der Waals surface area contributed by atoms with Gasteiger partial charge in [-0.3, -0.25) is 4.79 Å². The minimum Gasteiger partial charge on any atom is -0.466 e. The topological polar surface area (TPSA) is 75.6 Å². The van der Waals surface area contributed by atoms with Gasteiger partial charge in [-0.1, -0.05) is 6.08 Å². The van der Waals surface area contributed by atoms with Crippen molar-refractivity contribution < 1.29 is 19.4 Å². The summed E-state index contributed by atoms with van der Waals surface area (Å²) < 4.78 is 4.66. The van der Waals surface area contributed by atoms with Crippen LogP contribution in [-0.4, -0.2) is 30.7 Å². The van der Waals surface area contributed by atoms with E-state index in [2.05, 4.69) is 10.1 Å². The van der Waals surface area contributed by atoms with Gasteiger partial charge in [-0.15, -0.1) is 0 Å². The van der Waals surface area contributed by atoms with Gasteiger partial charge in [-0.05, 0) is 12.0 Å². The molecule has 0 spiro atoms. The second-order valence-corrected chi connectivity index (χ2v) is 3.86. The summed E-state index contributed by atoms with van der Waals surface area (Å²) in [7, 11) is 1.31. The van der Waals surface area contributed by atoms with E-state index in [0.717, 1.165) is 0 Å². The summed E-state index contributed by atoms with van der Waals surface area (Å²) in [5, 5.41) is 11.7. The first-order valence-corrected chi connectivity index (χ1v) is 5.07. The average Bonchev–Trinajstić information content (AvgIpc) is 2.73. The molecule has 1 aliphatic carbocycles. The summed E-state index contributed by atoms with van der Waals surface area (Å²) in [6.45, 7) is -0.150. The largest absolute Gasteiger partial charge is 0.466 e. The van der Waals surface area contributed by atoms with Crippen LogP contribution in [-0.2, 0) is 14.3 Å². The van der Waals surface area contributed by atoms with E-state index in [4.69, 9.17) is 5.11 Å². The molecule has 16 heavy (non-hydrogen) atoms. The number of methoxy groups -OCH3 is 1. The molecular formula is C11H13NO4. The Balaban J connectivity index is 2.29. The fourth-order valence-electron chi connectivity index (χ4n) is 2.29. The molecule has 5 heteroatoms. The van der Waals surface area contributed by atoms with E-state index < -0.39 is 11.9 Å². The molecule has 2 aliphatic rings. The summed E-state index contributed by atoms with van der Waals surface area (Å²) in [6.07, 6.45) is 3.81. The molecule has 0 radical (unpaired) electrons. The Kier molecular flexibility index (Phi) is 2.78. The lowest BCUT2D eigenvalue weighted by Gasteiger charge is -2.26. The number of esters is 1. The van der Waals surface area contributed by atoms with E-state index in [-0.39, 0.29) is 18.4 Å². The molecule has 1 heterocycles. The van der Waals surface area contributed by atoms with Gasteiger partial charge in [0, 0.05) is 12.1 Å². The monoisotopic (exact) mass is 223 g/mol. The molecule has 0 saturated heterocycles. The minimum atomic E-state index is -0.428. The number of fused-ring (bicyclic) bond motifs is 1. The Hall–Kier alpha value is -1.62. The fraction of sp³-hybridized carbons (Fsp3) is 0.455. The highest BCUT2D eigenvalue weighted by Gasteiger charge is 2.41. The van der Waals surface area contributed by atoms with Crippen LogP contribution in [0, 0.1) is 11.8 Å². The van der Waals surface area contributed by atoms with Crippen LogP contribution in [0.2, 0.25) is 0 Å². The third kappa shape index (κ3) is 1.53. The number of ether oxygens (including phenoxy) is 1. The lowest BCUT2D eigenvalue weighted by atomic mass is 9.83. The van der Waals surface area contributed by atoms with Crippen molar-refractivity contribution in [1.29, 1.82) is 0 Å². The van der Waals surface area contributed by atoms with Crippen molar-refractivity contribution in [2.75, 3.05) is 13.7 Å². The Bertz CT molecular complexity index is 397. The lowest BCUT2D eigenvalue weighted by molar-refractivity contribution is -0.137. The van der Waals surface area contributed by atoms with Gasteiger partial charge >= 0.3 is 5.97 Å². The summed E-state index contributed by atoms with van der Waals surface area (Å²) >= 11 is 0. The zero-order valence-electron chi connectivity index (χ0n) is 8.90. The second-order valence-electron chi connectivity index (χ2n) is 3.86. The van der Waals surface area contributed by atoms with Crippen LogP contribution in [0.1, 0.15) is 6.42 Å². The number of amides is 1. The first kappa shape index (κ1) is 10.9. The highest BCUT2D eigenvalue weighted by Crippen LogP contribution is 2.38. The zero-order valence-corrected chi connectivity index (χ0v) is 8.90. The molecule has 86 valence electrons. The number of hydrogen-bond acceptors (Lipinski definition) is 4. The number of carbonyl (C=O) groups is 2. The Labute approximate surface area is 92.8 Å². The van der Waals surface area contributed by atoms with Crippen molar-refractivity contribution in [3.05, 3.63) is 23.4 Å². The van der Waals surface area contributed by atoms with Crippen LogP contribution in [0.3, 0.4) is 0 Å². The molecule has 0 saturated carbocycles. The molecule has 2 rings (SSSR count). The summed E-state index contributed by atoms with van der Waals surface area (Å²) in [4.78, 5) is 23.1.